The van der Waals surface area contributed by atoms with Crippen molar-refractivity contribution in [1.82, 2.24) is 0 Å². The molecule has 0 bridgehead atoms. The summed E-state index contributed by atoms with van der Waals surface area (Å²) < 4.78 is 5.78. The van der Waals surface area contributed by atoms with Gasteiger partial charge >= 0.3 is 0 Å². The lowest BCUT2D eigenvalue weighted by Gasteiger charge is -2.20. The average Bonchev–Trinajstić information content (AvgIpc) is 2.43. The van der Waals surface area contributed by atoms with Crippen LogP contribution in [0.3, 0.4) is 0 Å². The topological polar surface area (TPSA) is 38.7 Å². The minimum Gasteiger partial charge on any atom is -0.493 e. The van der Waals surface area contributed by atoms with Crippen molar-refractivity contribution in [3.63, 3.8) is 0 Å². The van der Waals surface area contributed by atoms with Gasteiger partial charge in [-0.15, -0.1) is 0 Å². The summed E-state index contributed by atoms with van der Waals surface area (Å²) in [4.78, 5) is 10.8. The Balaban J connectivity index is 2.37. The summed E-state index contributed by atoms with van der Waals surface area (Å²) >= 11 is 0. The quantitative estimate of drug-likeness (QED) is 0.732. The van der Waals surface area contributed by atoms with E-state index in [0.717, 1.165) is 30.6 Å². The van der Waals surface area contributed by atoms with Gasteiger partial charge in [-0.25, -0.2) is 0 Å². The predicted octanol–water partition coefficient (Wildman–Crippen LogP) is 4.18. The molecule has 1 unspecified atom stereocenters. The van der Waals surface area contributed by atoms with E-state index in [-0.39, 0.29) is 6.04 Å². The second-order valence-corrected chi connectivity index (χ2v) is 5.00. The van der Waals surface area contributed by atoms with Crippen LogP contribution in [0.4, 0.5) is 0 Å². The summed E-state index contributed by atoms with van der Waals surface area (Å²) in [5.41, 5.74) is 3.70. The number of benzene rings is 1. The maximum absolute atomic E-state index is 10.8. The third kappa shape index (κ3) is 2.71. The molecule has 2 rings (SSSR count). The smallest absolute Gasteiger partial charge is 0.125 e. The Hall–Kier alpha value is -1.38. The fraction of sp³-hybridized carbons (Fsp3) is 0.600. The maximum Gasteiger partial charge on any atom is 0.125 e. The van der Waals surface area contributed by atoms with Crippen molar-refractivity contribution in [1.29, 1.82) is 0 Å². The second kappa shape index (κ2) is 5.98. The summed E-state index contributed by atoms with van der Waals surface area (Å²) in [5, 5.41) is 3.15. The number of aryl methyl sites for hydroxylation is 2. The van der Waals surface area contributed by atoms with Crippen LogP contribution in [-0.2, 0) is 12.8 Å². The summed E-state index contributed by atoms with van der Waals surface area (Å²) in [7, 11) is 0. The molecule has 0 aliphatic heterocycles. The predicted molar refractivity (Wildman–Crippen MR) is 73.1 cm³/mol. The van der Waals surface area contributed by atoms with Gasteiger partial charge in [0.2, 0.25) is 0 Å². The number of ether oxygens (including phenoxy) is 1. The van der Waals surface area contributed by atoms with E-state index in [0.29, 0.717) is 6.61 Å². The number of hydrogen-bond donors (Lipinski definition) is 0. The maximum atomic E-state index is 10.8. The average molecular weight is 247 g/mol. The van der Waals surface area contributed by atoms with Crippen LogP contribution in [0.5, 0.6) is 5.75 Å². The number of rotatable bonds is 5. The van der Waals surface area contributed by atoms with Gasteiger partial charge in [-0.1, -0.05) is 12.1 Å². The molecule has 0 aromatic heterocycles. The van der Waals surface area contributed by atoms with Gasteiger partial charge in [0.1, 0.15) is 11.8 Å². The first-order valence-electron chi connectivity index (χ1n) is 6.87. The van der Waals surface area contributed by atoms with E-state index in [1.807, 2.05) is 6.92 Å². The molecule has 0 fully saturated rings. The van der Waals surface area contributed by atoms with Gasteiger partial charge in [-0.2, -0.15) is 4.91 Å². The molecule has 1 atom stereocenters. The first-order chi connectivity index (χ1) is 8.76. The summed E-state index contributed by atoms with van der Waals surface area (Å²) in [5.74, 6) is 0.851. The highest BCUT2D eigenvalue weighted by Crippen LogP contribution is 2.34. The molecule has 98 valence electrons. The molecule has 0 radical (unpaired) electrons. The molecule has 1 aliphatic rings. The summed E-state index contributed by atoms with van der Waals surface area (Å²) in [6.45, 7) is 4.60. The molecule has 0 saturated carbocycles. The zero-order chi connectivity index (χ0) is 13.0. The lowest BCUT2D eigenvalue weighted by Crippen LogP contribution is -2.07. The number of nitrogens with zero attached hydrogens (tertiary/aromatic N) is 1. The molecule has 18 heavy (non-hydrogen) atoms. The summed E-state index contributed by atoms with van der Waals surface area (Å²) in [6.07, 6.45) is 5.70. The van der Waals surface area contributed by atoms with Gasteiger partial charge in [-0.05, 0) is 62.3 Å². The van der Waals surface area contributed by atoms with Crippen LogP contribution in [0.15, 0.2) is 17.3 Å². The van der Waals surface area contributed by atoms with Crippen LogP contribution in [-0.4, -0.2) is 6.61 Å². The van der Waals surface area contributed by atoms with Gasteiger partial charge in [0.05, 0.1) is 6.61 Å². The summed E-state index contributed by atoms with van der Waals surface area (Å²) in [6, 6.07) is 3.93. The standard InChI is InChI=1S/C15H21NO2/c1-3-8-18-15-10-13-7-5-4-6-12(13)9-14(15)11(2)16-17/h9-11H,3-8H2,1-2H3. The second-order valence-electron chi connectivity index (χ2n) is 5.00. The SMILES string of the molecule is CCCOc1cc2c(cc1C(C)N=O)CCCC2. The van der Waals surface area contributed by atoms with Crippen molar-refractivity contribution < 1.29 is 4.74 Å². The molecular formula is C15H21NO2. The molecule has 1 aliphatic carbocycles. The van der Waals surface area contributed by atoms with E-state index >= 15 is 0 Å². The largest absolute Gasteiger partial charge is 0.493 e. The van der Waals surface area contributed by atoms with Crippen LogP contribution in [0, 0.1) is 4.91 Å². The van der Waals surface area contributed by atoms with E-state index in [4.69, 9.17) is 4.74 Å². The molecule has 1 aromatic carbocycles. The Morgan fingerprint density at radius 3 is 2.56 bits per heavy atom. The highest BCUT2D eigenvalue weighted by molar-refractivity contribution is 5.45. The first kappa shape index (κ1) is 13.1. The lowest BCUT2D eigenvalue weighted by atomic mass is 9.89. The lowest BCUT2D eigenvalue weighted by molar-refractivity contribution is 0.312. The van der Waals surface area contributed by atoms with E-state index in [1.54, 1.807) is 0 Å². The Labute approximate surface area is 109 Å². The highest BCUT2D eigenvalue weighted by Gasteiger charge is 2.18. The van der Waals surface area contributed by atoms with Crippen molar-refractivity contribution in [3.05, 3.63) is 33.7 Å². The third-order valence-corrected chi connectivity index (χ3v) is 3.54. The van der Waals surface area contributed by atoms with Crippen molar-refractivity contribution in [2.75, 3.05) is 6.61 Å². The normalized spacial score (nSPS) is 15.9. The van der Waals surface area contributed by atoms with Crippen LogP contribution < -0.4 is 4.74 Å². The van der Waals surface area contributed by atoms with Gasteiger partial charge in [0.25, 0.3) is 0 Å². The fourth-order valence-electron chi connectivity index (χ4n) is 2.50. The van der Waals surface area contributed by atoms with Gasteiger partial charge < -0.3 is 4.74 Å². The Morgan fingerprint density at radius 1 is 1.28 bits per heavy atom. The van der Waals surface area contributed by atoms with Crippen molar-refractivity contribution in [2.45, 2.75) is 52.0 Å². The molecule has 0 saturated heterocycles. The van der Waals surface area contributed by atoms with Gasteiger partial charge in [0, 0.05) is 5.56 Å². The third-order valence-electron chi connectivity index (χ3n) is 3.54. The minimum absolute atomic E-state index is 0.330. The van der Waals surface area contributed by atoms with Crippen LogP contribution in [0.1, 0.15) is 55.8 Å². The number of nitroso groups, excluding NO2 is 1. The zero-order valence-electron chi connectivity index (χ0n) is 11.2. The molecule has 3 nitrogen and oxygen atoms in total. The van der Waals surface area contributed by atoms with Crippen molar-refractivity contribution >= 4 is 0 Å². The minimum atomic E-state index is -0.330. The molecular weight excluding hydrogens is 226 g/mol. The molecule has 0 spiro atoms. The molecule has 0 N–H and O–H groups in total. The Morgan fingerprint density at radius 2 is 1.94 bits per heavy atom. The van der Waals surface area contributed by atoms with Crippen LogP contribution >= 0.6 is 0 Å². The molecule has 0 amide bonds. The molecule has 0 heterocycles. The van der Waals surface area contributed by atoms with Gasteiger partial charge in [0.15, 0.2) is 0 Å². The van der Waals surface area contributed by atoms with Crippen LogP contribution in [0.25, 0.3) is 0 Å². The van der Waals surface area contributed by atoms with Crippen molar-refractivity contribution in [3.8, 4) is 5.75 Å². The monoisotopic (exact) mass is 247 g/mol. The molecule has 1 aromatic rings. The first-order valence-corrected chi connectivity index (χ1v) is 6.87. The van der Waals surface area contributed by atoms with Crippen LogP contribution in [0.2, 0.25) is 0 Å². The number of hydrogen-bond acceptors (Lipinski definition) is 3. The van der Waals surface area contributed by atoms with Crippen molar-refractivity contribution in [2.24, 2.45) is 5.18 Å². The van der Waals surface area contributed by atoms with E-state index in [2.05, 4.69) is 24.2 Å². The van der Waals surface area contributed by atoms with Gasteiger partial charge in [-0.3, -0.25) is 0 Å². The molecule has 3 heteroatoms. The van der Waals surface area contributed by atoms with E-state index in [1.165, 1.54) is 24.0 Å². The van der Waals surface area contributed by atoms with E-state index < -0.39 is 0 Å². The fourth-order valence-corrected chi connectivity index (χ4v) is 2.50. The van der Waals surface area contributed by atoms with E-state index in [9.17, 15) is 4.91 Å². The highest BCUT2D eigenvalue weighted by atomic mass is 16.5. The zero-order valence-corrected chi connectivity index (χ0v) is 11.2. The Kier molecular flexibility index (Phi) is 4.34. The number of fused-ring (bicyclic) bond motifs is 1. The Bertz CT molecular complexity index is 429.